The Labute approximate surface area is 114 Å². The van der Waals surface area contributed by atoms with Crippen LogP contribution in [-0.4, -0.2) is 30.4 Å². The van der Waals surface area contributed by atoms with Crippen LogP contribution in [0.3, 0.4) is 0 Å². The van der Waals surface area contributed by atoms with Crippen molar-refractivity contribution >= 4 is 21.6 Å². The lowest BCUT2D eigenvalue weighted by Gasteiger charge is -2.03. The van der Waals surface area contributed by atoms with E-state index < -0.39 is 10.0 Å². The zero-order valence-corrected chi connectivity index (χ0v) is 12.4. The van der Waals surface area contributed by atoms with Crippen LogP contribution in [0.1, 0.15) is 32.0 Å². The Morgan fingerprint density at radius 2 is 2.11 bits per heavy atom. The van der Waals surface area contributed by atoms with Gasteiger partial charge in [-0.05, 0) is 26.7 Å². The second kappa shape index (κ2) is 7.11. The lowest BCUT2D eigenvalue weighted by atomic mass is 10.2. The quantitative estimate of drug-likeness (QED) is 0.588. The highest BCUT2D eigenvalue weighted by Crippen LogP contribution is 2.09. The van der Waals surface area contributed by atoms with Crippen molar-refractivity contribution in [1.29, 1.82) is 0 Å². The summed E-state index contributed by atoms with van der Waals surface area (Å²) in [6.07, 6.45) is 4.19. The second-order valence-corrected chi connectivity index (χ2v) is 6.15. The molecule has 0 atom stereocenters. The Kier molecular flexibility index (Phi) is 6.11. The molecule has 0 radical (unpaired) electrons. The maximum atomic E-state index is 11.9. The molecule has 0 aliphatic heterocycles. The van der Waals surface area contributed by atoms with E-state index in [9.17, 15) is 8.42 Å². The summed E-state index contributed by atoms with van der Waals surface area (Å²) in [7, 11) is -3.47. The number of nitrogens with one attached hydrogen (secondary N) is 1. The van der Waals surface area contributed by atoms with Crippen molar-refractivity contribution in [1.82, 2.24) is 14.3 Å². The van der Waals surface area contributed by atoms with Crippen LogP contribution >= 0.6 is 11.6 Å². The first kappa shape index (κ1) is 15.5. The Morgan fingerprint density at radius 3 is 2.67 bits per heavy atom. The Morgan fingerprint density at radius 1 is 1.39 bits per heavy atom. The van der Waals surface area contributed by atoms with Crippen molar-refractivity contribution < 1.29 is 8.42 Å². The molecule has 0 saturated heterocycles. The van der Waals surface area contributed by atoms with Gasteiger partial charge in [-0.3, -0.25) is 0 Å². The molecule has 1 aromatic rings. The summed E-state index contributed by atoms with van der Waals surface area (Å²) in [5.74, 6) is 1.33. The predicted octanol–water partition coefficient (Wildman–Crippen LogP) is 1.90. The fourth-order valence-electron chi connectivity index (χ4n) is 1.61. The third-order valence-electron chi connectivity index (χ3n) is 2.67. The zero-order valence-electron chi connectivity index (χ0n) is 10.8. The number of hydrogen-bond donors (Lipinski definition) is 1. The minimum atomic E-state index is -3.47. The smallest absolute Gasteiger partial charge is 0.259 e. The number of aromatic nitrogens is 2. The topological polar surface area (TPSA) is 64.0 Å². The molecule has 0 spiro atoms. The first-order valence-corrected chi connectivity index (χ1v) is 8.12. The van der Waals surface area contributed by atoms with E-state index in [2.05, 4.69) is 9.71 Å². The van der Waals surface area contributed by atoms with Crippen LogP contribution in [0.15, 0.2) is 11.2 Å². The molecule has 0 aromatic carbocycles. The standard InChI is InChI=1S/C11H20ClN3O2S/c1-3-15-9-11(14-10(15)2)18(16,17)13-8-6-4-5-7-12/h9,13H,3-8H2,1-2H3. The van der Waals surface area contributed by atoms with Gasteiger partial charge in [-0.2, -0.15) is 0 Å². The number of rotatable bonds is 8. The number of imidazole rings is 1. The maximum Gasteiger partial charge on any atom is 0.259 e. The fourth-order valence-corrected chi connectivity index (χ4v) is 2.87. The summed E-state index contributed by atoms with van der Waals surface area (Å²) in [6.45, 7) is 4.88. The van der Waals surface area contributed by atoms with Gasteiger partial charge in [0.25, 0.3) is 10.0 Å². The summed E-state index contributed by atoms with van der Waals surface area (Å²) in [6, 6.07) is 0. The summed E-state index contributed by atoms with van der Waals surface area (Å²) in [5, 5.41) is 0.0965. The monoisotopic (exact) mass is 293 g/mol. The fraction of sp³-hybridized carbons (Fsp3) is 0.727. The Bertz CT molecular complexity index is 471. The first-order valence-electron chi connectivity index (χ1n) is 6.10. The van der Waals surface area contributed by atoms with Gasteiger partial charge in [0.15, 0.2) is 5.03 Å². The number of alkyl halides is 1. The van der Waals surface area contributed by atoms with Gasteiger partial charge >= 0.3 is 0 Å². The summed E-state index contributed by atoms with van der Waals surface area (Å²) in [5.41, 5.74) is 0. The Balaban J connectivity index is 2.57. The number of halogens is 1. The molecule has 7 heteroatoms. The normalized spacial score (nSPS) is 11.9. The van der Waals surface area contributed by atoms with Crippen molar-refractivity contribution in [3.63, 3.8) is 0 Å². The molecule has 104 valence electrons. The van der Waals surface area contributed by atoms with Gasteiger partial charge in [0.1, 0.15) is 5.82 Å². The van der Waals surface area contributed by atoms with E-state index in [1.165, 1.54) is 0 Å². The molecule has 0 aliphatic carbocycles. The molecule has 0 aliphatic rings. The van der Waals surface area contributed by atoms with Gasteiger partial charge in [0.05, 0.1) is 0 Å². The number of unbranched alkanes of at least 4 members (excludes halogenated alkanes) is 2. The first-order chi connectivity index (χ1) is 8.51. The molecule has 18 heavy (non-hydrogen) atoms. The van der Waals surface area contributed by atoms with Crippen LogP contribution in [-0.2, 0) is 16.6 Å². The zero-order chi connectivity index (χ0) is 13.6. The molecule has 1 aromatic heterocycles. The van der Waals surface area contributed by atoms with Crippen LogP contribution in [0.4, 0.5) is 0 Å². The largest absolute Gasteiger partial charge is 0.334 e. The van der Waals surface area contributed by atoms with Crippen LogP contribution in [0, 0.1) is 6.92 Å². The lowest BCUT2D eigenvalue weighted by Crippen LogP contribution is -2.25. The van der Waals surface area contributed by atoms with Crippen molar-refractivity contribution in [3.8, 4) is 0 Å². The second-order valence-electron chi connectivity index (χ2n) is 4.06. The van der Waals surface area contributed by atoms with Gasteiger partial charge in [-0.15, -0.1) is 11.6 Å². The molecule has 0 amide bonds. The molecule has 0 unspecified atom stereocenters. The molecule has 5 nitrogen and oxygen atoms in total. The highest BCUT2D eigenvalue weighted by Gasteiger charge is 2.17. The predicted molar refractivity (Wildman–Crippen MR) is 72.4 cm³/mol. The van der Waals surface area contributed by atoms with Crippen molar-refractivity contribution in [2.24, 2.45) is 0 Å². The van der Waals surface area contributed by atoms with Gasteiger partial charge in [-0.1, -0.05) is 6.42 Å². The average Bonchev–Trinajstić information content (AvgIpc) is 2.71. The van der Waals surface area contributed by atoms with Crippen molar-refractivity contribution in [3.05, 3.63) is 12.0 Å². The Hall–Kier alpha value is -0.590. The molecule has 0 fully saturated rings. The third kappa shape index (κ3) is 4.26. The molecule has 1 rings (SSSR count). The average molecular weight is 294 g/mol. The van der Waals surface area contributed by atoms with Gasteiger partial charge < -0.3 is 4.57 Å². The number of nitrogens with zero attached hydrogens (tertiary/aromatic N) is 2. The maximum absolute atomic E-state index is 11.9. The highest BCUT2D eigenvalue weighted by atomic mass is 35.5. The number of aryl methyl sites for hydroxylation is 2. The van der Waals surface area contributed by atoms with Crippen LogP contribution in [0.5, 0.6) is 0 Å². The van der Waals surface area contributed by atoms with Crippen LogP contribution in [0.25, 0.3) is 0 Å². The van der Waals surface area contributed by atoms with E-state index in [1.807, 2.05) is 11.5 Å². The summed E-state index contributed by atoms with van der Waals surface area (Å²) in [4.78, 5) is 4.06. The van der Waals surface area contributed by atoms with Gasteiger partial charge in [-0.25, -0.2) is 18.1 Å². The lowest BCUT2D eigenvalue weighted by molar-refractivity contribution is 0.572. The van der Waals surface area contributed by atoms with E-state index in [4.69, 9.17) is 11.6 Å². The molecular weight excluding hydrogens is 274 g/mol. The highest BCUT2D eigenvalue weighted by molar-refractivity contribution is 7.89. The molecular formula is C11H20ClN3O2S. The van der Waals surface area contributed by atoms with Crippen LogP contribution in [0.2, 0.25) is 0 Å². The molecule has 1 N–H and O–H groups in total. The van der Waals surface area contributed by atoms with E-state index in [1.54, 1.807) is 13.1 Å². The number of sulfonamides is 1. The van der Waals surface area contributed by atoms with E-state index in [0.29, 0.717) is 24.8 Å². The molecule has 0 saturated carbocycles. The minimum absolute atomic E-state index is 0.0965. The van der Waals surface area contributed by atoms with Gasteiger partial charge in [0, 0.05) is 25.2 Å². The van der Waals surface area contributed by atoms with E-state index in [-0.39, 0.29) is 5.03 Å². The SMILES string of the molecule is CCn1cc(S(=O)(=O)NCCCCCCl)nc1C. The van der Waals surface area contributed by atoms with Gasteiger partial charge in [0.2, 0.25) is 0 Å². The van der Waals surface area contributed by atoms with Crippen molar-refractivity contribution in [2.45, 2.75) is 44.7 Å². The van der Waals surface area contributed by atoms with Crippen LogP contribution < -0.4 is 4.72 Å². The van der Waals surface area contributed by atoms with E-state index >= 15 is 0 Å². The molecule has 0 bridgehead atoms. The third-order valence-corrected chi connectivity index (χ3v) is 4.27. The van der Waals surface area contributed by atoms with Crippen molar-refractivity contribution in [2.75, 3.05) is 12.4 Å². The number of hydrogen-bond acceptors (Lipinski definition) is 3. The summed E-state index contributed by atoms with van der Waals surface area (Å²) < 4.78 is 28.2. The molecule has 1 heterocycles. The summed E-state index contributed by atoms with van der Waals surface area (Å²) >= 11 is 5.55. The minimum Gasteiger partial charge on any atom is -0.334 e. The van der Waals surface area contributed by atoms with E-state index in [0.717, 1.165) is 19.3 Å².